The molecular formula is C36H44FN14O14P. The zero-order valence-electron chi connectivity index (χ0n) is 34.5. The van der Waals surface area contributed by atoms with Crippen molar-refractivity contribution < 1.29 is 67.2 Å². The zero-order valence-corrected chi connectivity index (χ0v) is 35.4. The van der Waals surface area contributed by atoms with Gasteiger partial charge in [0.2, 0.25) is 17.8 Å². The minimum atomic E-state index is -4.98. The number of amides is 3. The molecule has 1 aromatic carbocycles. The maximum absolute atomic E-state index is 13.8. The highest BCUT2D eigenvalue weighted by Crippen LogP contribution is 2.46. The topological polar surface area (TPSA) is 429 Å². The highest BCUT2D eigenvalue weighted by Gasteiger charge is 2.46. The predicted octanol–water partition coefficient (Wildman–Crippen LogP) is -2.44. The molecule has 0 saturated carbocycles. The van der Waals surface area contributed by atoms with Gasteiger partial charge in [-0.2, -0.15) is 19.3 Å². The number of anilines is 3. The van der Waals surface area contributed by atoms with E-state index in [1.165, 1.54) is 25.3 Å². The molecule has 354 valence electrons. The summed E-state index contributed by atoms with van der Waals surface area (Å²) in [6.45, 7) is -0.409. The number of aliphatic hydroxyl groups excluding tert-OH is 3. The van der Waals surface area contributed by atoms with E-state index in [-0.39, 0.29) is 72.0 Å². The molecule has 0 radical (unpaired) electrons. The Balaban J connectivity index is 0.890. The molecule has 0 aliphatic carbocycles. The number of ether oxygens (including phenoxy) is 1. The molecule has 66 heavy (non-hydrogen) atoms. The number of nitrogens with two attached hydrogens (primary N) is 2. The number of carbonyl (C=O) groups is 4. The van der Waals surface area contributed by atoms with Crippen LogP contribution < -0.4 is 38.3 Å². The SMILES string of the molecule is CC(OP(=O)(O)OCC1OC(n2cnc3c(N)nc(F)nc32)C(O)C1O)C(CO)NC(=O)CCNC(=O)CCC(NC(=O)c1ccc(NCc2cnc3nc(N)[nH]c(=O)c3n2)cc1)C(=O)O. The number of aromatic nitrogens is 8. The van der Waals surface area contributed by atoms with Crippen molar-refractivity contribution >= 4 is 71.3 Å². The normalized spacial score (nSPS) is 19.4. The fraction of sp³-hybridized carbons (Fsp3) is 0.417. The minimum absolute atomic E-state index is 0.00644. The van der Waals surface area contributed by atoms with E-state index in [1.54, 1.807) is 12.1 Å². The van der Waals surface area contributed by atoms with E-state index in [0.717, 1.165) is 10.9 Å². The van der Waals surface area contributed by atoms with E-state index in [2.05, 4.69) is 56.2 Å². The molecule has 0 spiro atoms. The number of carboxylic acid groups (broad SMARTS) is 1. The van der Waals surface area contributed by atoms with Crippen LogP contribution in [0, 0.1) is 6.08 Å². The lowest BCUT2D eigenvalue weighted by Crippen LogP contribution is -2.46. The van der Waals surface area contributed by atoms with E-state index < -0.39 is 99.1 Å². The number of aliphatic carboxylic acids is 1. The zero-order chi connectivity index (χ0) is 47.9. The molecule has 14 N–H and O–H groups in total. The lowest BCUT2D eigenvalue weighted by Gasteiger charge is -2.26. The summed E-state index contributed by atoms with van der Waals surface area (Å²) in [6.07, 6.45) is -7.17. The van der Waals surface area contributed by atoms with Gasteiger partial charge >= 0.3 is 19.9 Å². The summed E-state index contributed by atoms with van der Waals surface area (Å²) >= 11 is 0. The van der Waals surface area contributed by atoms with Crippen LogP contribution in [-0.2, 0) is 39.3 Å². The second-order valence-electron chi connectivity index (χ2n) is 14.6. The van der Waals surface area contributed by atoms with Gasteiger partial charge in [0.25, 0.3) is 11.5 Å². The Kier molecular flexibility index (Phi) is 15.4. The van der Waals surface area contributed by atoms with Crippen LogP contribution in [-0.4, -0.2) is 145 Å². The van der Waals surface area contributed by atoms with Gasteiger partial charge in [0.15, 0.2) is 34.4 Å². The van der Waals surface area contributed by atoms with Crippen molar-refractivity contribution in [2.45, 2.75) is 75.5 Å². The number of aliphatic hydroxyl groups is 3. The van der Waals surface area contributed by atoms with Crippen molar-refractivity contribution in [2.24, 2.45) is 0 Å². The molecule has 1 fully saturated rings. The van der Waals surface area contributed by atoms with E-state index in [0.29, 0.717) is 11.4 Å². The number of nitrogens with one attached hydrogen (secondary N) is 5. The summed E-state index contributed by atoms with van der Waals surface area (Å²) in [7, 11) is -4.98. The third-order valence-corrected chi connectivity index (χ3v) is 11.0. The average Bonchev–Trinajstić information content (AvgIpc) is 3.81. The van der Waals surface area contributed by atoms with Gasteiger partial charge in [-0.3, -0.25) is 37.8 Å². The van der Waals surface area contributed by atoms with Crippen LogP contribution in [0.15, 0.2) is 41.6 Å². The number of aromatic amines is 1. The first kappa shape index (κ1) is 48.6. The Bertz CT molecular complexity index is 2690. The van der Waals surface area contributed by atoms with Gasteiger partial charge in [-0.1, -0.05) is 0 Å². The number of hydrogen-bond donors (Lipinski definition) is 12. The summed E-state index contributed by atoms with van der Waals surface area (Å²) in [6, 6.07) is 3.29. The predicted molar refractivity (Wildman–Crippen MR) is 223 cm³/mol. The number of imidazole rings is 1. The van der Waals surface area contributed by atoms with Crippen molar-refractivity contribution in [3.05, 3.63) is 64.5 Å². The Hall–Kier alpha value is -6.85. The molecule has 1 saturated heterocycles. The summed E-state index contributed by atoms with van der Waals surface area (Å²) in [5.74, 6) is -3.88. The molecule has 5 heterocycles. The van der Waals surface area contributed by atoms with E-state index >= 15 is 0 Å². The van der Waals surface area contributed by atoms with E-state index in [9.17, 15) is 58.2 Å². The first-order valence-electron chi connectivity index (χ1n) is 19.7. The third-order valence-electron chi connectivity index (χ3n) is 9.89. The largest absolute Gasteiger partial charge is 0.480 e. The molecule has 3 amide bonds. The van der Waals surface area contributed by atoms with Crippen LogP contribution in [0.25, 0.3) is 22.3 Å². The van der Waals surface area contributed by atoms with Gasteiger partial charge in [0, 0.05) is 30.6 Å². The van der Waals surface area contributed by atoms with Crippen LogP contribution in [0.1, 0.15) is 48.5 Å². The Morgan fingerprint density at radius 2 is 1.76 bits per heavy atom. The number of H-pyrrole nitrogens is 1. The number of halogens is 1. The van der Waals surface area contributed by atoms with Crippen LogP contribution >= 0.6 is 7.82 Å². The third kappa shape index (κ3) is 12.1. The van der Waals surface area contributed by atoms with Crippen LogP contribution in [0.2, 0.25) is 0 Å². The summed E-state index contributed by atoms with van der Waals surface area (Å²) in [4.78, 5) is 97.9. The molecule has 1 aliphatic heterocycles. The summed E-state index contributed by atoms with van der Waals surface area (Å²) in [5, 5.41) is 51.0. The molecule has 1 aliphatic rings. The van der Waals surface area contributed by atoms with Gasteiger partial charge in [-0.25, -0.2) is 24.3 Å². The fourth-order valence-electron chi connectivity index (χ4n) is 6.43. The van der Waals surface area contributed by atoms with Crippen molar-refractivity contribution in [3.8, 4) is 0 Å². The van der Waals surface area contributed by atoms with Crippen LogP contribution in [0.4, 0.5) is 21.8 Å². The van der Waals surface area contributed by atoms with Crippen LogP contribution in [0.5, 0.6) is 0 Å². The lowest BCUT2D eigenvalue weighted by molar-refractivity contribution is -0.139. The monoisotopic (exact) mass is 946 g/mol. The standard InChI is InChI=1S/C36H44FN14O14P/c1-15(65-66(61,62)63-13-21-26(55)27(56)33(64-21)51-14-43-24-28(38)47-35(37)49-30(24)51)20(12-52)45-23(54)8-9-40-22(53)7-6-19(34(59)60)46-31(57)16-2-4-17(5-3-16)41-10-18-11-42-29-25(44-18)32(58)50-36(39)48-29/h2-5,11,14-15,19-21,26-27,33,41,52,55-56H,6-10,12-13H2,1H3,(H,40,53)(H,45,54)(H,46,57)(H,59,60)(H,61,62)(H2,38,47,49)(H3,39,42,48,50,58). The number of nitrogen functional groups attached to an aromatic ring is 2. The molecule has 5 aromatic rings. The minimum Gasteiger partial charge on any atom is -0.480 e. The second-order valence-corrected chi connectivity index (χ2v) is 16.0. The number of nitrogens with zero attached hydrogens (tertiary/aromatic N) is 7. The number of fused-ring (bicyclic) bond motifs is 2. The molecule has 4 aromatic heterocycles. The van der Waals surface area contributed by atoms with Gasteiger partial charge in [-0.05, 0) is 37.6 Å². The molecule has 0 bridgehead atoms. The van der Waals surface area contributed by atoms with Gasteiger partial charge in [0.05, 0.1) is 50.1 Å². The van der Waals surface area contributed by atoms with Crippen molar-refractivity contribution in [3.63, 3.8) is 0 Å². The molecule has 8 unspecified atom stereocenters. The average molecular weight is 947 g/mol. The Labute approximate surface area is 370 Å². The molecular weight excluding hydrogens is 902 g/mol. The Morgan fingerprint density at radius 3 is 2.47 bits per heavy atom. The smallest absolute Gasteiger partial charge is 0.472 e. The van der Waals surface area contributed by atoms with E-state index in [4.69, 9.17) is 25.3 Å². The van der Waals surface area contributed by atoms with Gasteiger partial charge in [0.1, 0.15) is 24.4 Å². The number of phosphoric acid groups is 1. The maximum Gasteiger partial charge on any atom is 0.472 e. The summed E-state index contributed by atoms with van der Waals surface area (Å²) < 4.78 is 43.3. The van der Waals surface area contributed by atoms with Crippen molar-refractivity contribution in [1.82, 2.24) is 55.4 Å². The number of carboxylic acids is 1. The quantitative estimate of drug-likeness (QED) is 0.0268. The van der Waals surface area contributed by atoms with Crippen molar-refractivity contribution in [1.29, 1.82) is 0 Å². The number of carbonyl (C=O) groups excluding carboxylic acids is 3. The Morgan fingerprint density at radius 1 is 1.02 bits per heavy atom. The van der Waals surface area contributed by atoms with Crippen LogP contribution in [0.3, 0.4) is 0 Å². The summed E-state index contributed by atoms with van der Waals surface area (Å²) in [5.41, 5.74) is 11.6. The van der Waals surface area contributed by atoms with Crippen molar-refractivity contribution in [2.75, 3.05) is 36.5 Å². The second kappa shape index (κ2) is 21.0. The number of phosphoric ester groups is 1. The van der Waals surface area contributed by atoms with Gasteiger partial charge < -0.3 is 62.8 Å². The number of rotatable bonds is 21. The highest BCUT2D eigenvalue weighted by molar-refractivity contribution is 7.47. The van der Waals surface area contributed by atoms with E-state index in [1.807, 2.05) is 0 Å². The molecule has 6 rings (SSSR count). The first-order valence-corrected chi connectivity index (χ1v) is 21.2. The lowest BCUT2D eigenvalue weighted by atomic mass is 10.1. The first-order chi connectivity index (χ1) is 31.3. The number of hydrogen-bond acceptors (Lipinski definition) is 21. The maximum atomic E-state index is 13.8. The molecule has 8 atom stereocenters. The molecule has 28 nitrogen and oxygen atoms in total. The highest BCUT2D eigenvalue weighted by atomic mass is 31.2. The van der Waals surface area contributed by atoms with Gasteiger partial charge in [-0.15, -0.1) is 0 Å². The number of benzene rings is 1. The fourth-order valence-corrected chi connectivity index (χ4v) is 7.40. The molecule has 30 heteroatoms.